The second kappa shape index (κ2) is 6.54. The maximum atomic E-state index is 12.3. The van der Waals surface area contributed by atoms with Crippen molar-refractivity contribution in [2.24, 2.45) is 0 Å². The summed E-state index contributed by atoms with van der Waals surface area (Å²) in [5.74, 6) is -1.16. The number of amides is 1. The summed E-state index contributed by atoms with van der Waals surface area (Å²) in [6, 6.07) is 7.02. The SMILES string of the molecule is CC(CCC(=O)O)NC(=O)c1cnc(Cl)c2ccccc12. The van der Waals surface area contributed by atoms with E-state index in [1.807, 2.05) is 12.1 Å². The van der Waals surface area contributed by atoms with Gasteiger partial charge in [0.1, 0.15) is 5.15 Å². The minimum Gasteiger partial charge on any atom is -0.481 e. The van der Waals surface area contributed by atoms with Crippen molar-refractivity contribution in [1.82, 2.24) is 10.3 Å². The second-order valence-electron chi connectivity index (χ2n) is 4.82. The molecular weight excluding hydrogens is 292 g/mol. The quantitative estimate of drug-likeness (QED) is 0.832. The fourth-order valence-corrected chi connectivity index (χ4v) is 2.27. The molecule has 1 atom stereocenters. The van der Waals surface area contributed by atoms with Gasteiger partial charge in [0.2, 0.25) is 0 Å². The van der Waals surface area contributed by atoms with E-state index in [9.17, 15) is 9.59 Å². The minimum absolute atomic E-state index is 0.0149. The molecule has 0 saturated heterocycles. The molecule has 1 heterocycles. The van der Waals surface area contributed by atoms with Crippen LogP contribution < -0.4 is 5.32 Å². The molecule has 1 unspecified atom stereocenters. The highest BCUT2D eigenvalue weighted by Crippen LogP contribution is 2.24. The highest BCUT2D eigenvalue weighted by atomic mass is 35.5. The molecule has 2 aromatic rings. The highest BCUT2D eigenvalue weighted by molar-refractivity contribution is 6.34. The van der Waals surface area contributed by atoms with Gasteiger partial charge in [0, 0.05) is 24.0 Å². The lowest BCUT2D eigenvalue weighted by molar-refractivity contribution is -0.137. The molecule has 0 spiro atoms. The lowest BCUT2D eigenvalue weighted by atomic mass is 10.1. The number of benzene rings is 1. The Balaban J connectivity index is 2.20. The largest absolute Gasteiger partial charge is 0.481 e. The predicted octanol–water partition coefficient (Wildman–Crippen LogP) is 2.87. The van der Waals surface area contributed by atoms with E-state index in [0.29, 0.717) is 22.5 Å². The fourth-order valence-electron chi connectivity index (χ4n) is 2.05. The van der Waals surface area contributed by atoms with Gasteiger partial charge in [-0.3, -0.25) is 9.59 Å². The van der Waals surface area contributed by atoms with Gasteiger partial charge in [0.05, 0.1) is 5.56 Å². The van der Waals surface area contributed by atoms with Gasteiger partial charge in [-0.2, -0.15) is 0 Å². The van der Waals surface area contributed by atoms with Crippen LogP contribution in [0.1, 0.15) is 30.1 Å². The smallest absolute Gasteiger partial charge is 0.303 e. The molecule has 0 bridgehead atoms. The molecule has 0 aliphatic heterocycles. The lowest BCUT2D eigenvalue weighted by Gasteiger charge is -2.14. The Hall–Kier alpha value is -2.14. The Labute approximate surface area is 126 Å². The van der Waals surface area contributed by atoms with Crippen LogP contribution in [0.25, 0.3) is 10.8 Å². The second-order valence-corrected chi connectivity index (χ2v) is 5.17. The summed E-state index contributed by atoms with van der Waals surface area (Å²) in [5.41, 5.74) is 0.428. The Morgan fingerprint density at radius 3 is 2.67 bits per heavy atom. The third kappa shape index (κ3) is 3.70. The summed E-state index contributed by atoms with van der Waals surface area (Å²) in [6.07, 6.45) is 1.82. The van der Waals surface area contributed by atoms with Crippen LogP contribution in [-0.4, -0.2) is 28.0 Å². The Morgan fingerprint density at radius 2 is 2.00 bits per heavy atom. The van der Waals surface area contributed by atoms with Crippen molar-refractivity contribution in [2.45, 2.75) is 25.8 Å². The molecule has 5 nitrogen and oxygen atoms in total. The third-order valence-electron chi connectivity index (χ3n) is 3.16. The van der Waals surface area contributed by atoms with E-state index in [1.165, 1.54) is 6.20 Å². The van der Waals surface area contributed by atoms with Crippen molar-refractivity contribution in [3.63, 3.8) is 0 Å². The molecule has 2 N–H and O–H groups in total. The number of nitrogens with one attached hydrogen (secondary N) is 1. The number of halogens is 1. The summed E-state index contributed by atoms with van der Waals surface area (Å²) in [4.78, 5) is 26.8. The molecule has 1 aromatic heterocycles. The van der Waals surface area contributed by atoms with E-state index < -0.39 is 5.97 Å². The Kier molecular flexibility index (Phi) is 4.75. The van der Waals surface area contributed by atoms with E-state index in [0.717, 1.165) is 5.39 Å². The summed E-state index contributed by atoms with van der Waals surface area (Å²) in [6.45, 7) is 1.77. The maximum Gasteiger partial charge on any atom is 0.303 e. The normalized spacial score (nSPS) is 12.1. The van der Waals surface area contributed by atoms with E-state index in [4.69, 9.17) is 16.7 Å². The van der Waals surface area contributed by atoms with Crippen LogP contribution in [0.15, 0.2) is 30.5 Å². The zero-order chi connectivity index (χ0) is 15.4. The monoisotopic (exact) mass is 306 g/mol. The lowest BCUT2D eigenvalue weighted by Crippen LogP contribution is -2.33. The Morgan fingerprint density at radius 1 is 1.33 bits per heavy atom. The van der Waals surface area contributed by atoms with Gasteiger partial charge in [-0.05, 0) is 18.7 Å². The van der Waals surface area contributed by atoms with Crippen molar-refractivity contribution in [3.8, 4) is 0 Å². The number of nitrogens with zero attached hydrogens (tertiary/aromatic N) is 1. The molecule has 21 heavy (non-hydrogen) atoms. The van der Waals surface area contributed by atoms with Crippen LogP contribution in [0.5, 0.6) is 0 Å². The van der Waals surface area contributed by atoms with Crippen LogP contribution >= 0.6 is 11.6 Å². The predicted molar refractivity (Wildman–Crippen MR) is 80.6 cm³/mol. The number of hydrogen-bond donors (Lipinski definition) is 2. The van der Waals surface area contributed by atoms with Crippen LogP contribution in [-0.2, 0) is 4.79 Å². The summed E-state index contributed by atoms with van der Waals surface area (Å²) in [5, 5.41) is 13.2. The molecule has 1 amide bonds. The maximum absolute atomic E-state index is 12.3. The third-order valence-corrected chi connectivity index (χ3v) is 3.46. The van der Waals surface area contributed by atoms with Gasteiger partial charge in [-0.25, -0.2) is 4.98 Å². The molecule has 6 heteroatoms. The zero-order valence-corrected chi connectivity index (χ0v) is 12.2. The van der Waals surface area contributed by atoms with Crippen molar-refractivity contribution < 1.29 is 14.7 Å². The van der Waals surface area contributed by atoms with E-state index in [1.54, 1.807) is 19.1 Å². The van der Waals surface area contributed by atoms with Crippen LogP contribution in [0.3, 0.4) is 0 Å². The topological polar surface area (TPSA) is 79.3 Å². The number of aromatic nitrogens is 1. The molecule has 0 radical (unpaired) electrons. The Bertz CT molecular complexity index is 688. The van der Waals surface area contributed by atoms with E-state index in [-0.39, 0.29) is 18.4 Å². The van der Waals surface area contributed by atoms with E-state index >= 15 is 0 Å². The van der Waals surface area contributed by atoms with Crippen LogP contribution in [0.2, 0.25) is 5.15 Å². The number of carboxylic acid groups (broad SMARTS) is 1. The van der Waals surface area contributed by atoms with E-state index in [2.05, 4.69) is 10.3 Å². The molecule has 2 rings (SSSR count). The minimum atomic E-state index is -0.880. The number of aliphatic carboxylic acids is 1. The average molecular weight is 307 g/mol. The fraction of sp³-hybridized carbons (Fsp3) is 0.267. The number of pyridine rings is 1. The standard InChI is InChI=1S/C15H15ClN2O3/c1-9(6-7-13(19)20)18-15(21)12-8-17-14(16)11-5-3-2-4-10(11)12/h2-5,8-9H,6-7H2,1H3,(H,18,21)(H,19,20). The van der Waals surface area contributed by atoms with Gasteiger partial charge in [-0.15, -0.1) is 0 Å². The zero-order valence-electron chi connectivity index (χ0n) is 11.5. The molecule has 0 aliphatic rings. The average Bonchev–Trinajstić information content (AvgIpc) is 2.45. The molecule has 110 valence electrons. The number of carbonyl (C=O) groups excluding carboxylic acids is 1. The first-order chi connectivity index (χ1) is 9.99. The van der Waals surface area contributed by atoms with Crippen molar-refractivity contribution in [3.05, 3.63) is 41.2 Å². The van der Waals surface area contributed by atoms with Crippen molar-refractivity contribution >= 4 is 34.2 Å². The van der Waals surface area contributed by atoms with Gasteiger partial charge >= 0.3 is 5.97 Å². The van der Waals surface area contributed by atoms with Crippen LogP contribution in [0, 0.1) is 0 Å². The van der Waals surface area contributed by atoms with Crippen molar-refractivity contribution in [2.75, 3.05) is 0 Å². The molecule has 0 saturated carbocycles. The molecule has 0 fully saturated rings. The number of fused-ring (bicyclic) bond motifs is 1. The number of carbonyl (C=O) groups is 2. The first-order valence-corrected chi connectivity index (χ1v) is 6.92. The van der Waals surface area contributed by atoms with Gasteiger partial charge in [-0.1, -0.05) is 35.9 Å². The first-order valence-electron chi connectivity index (χ1n) is 6.55. The summed E-state index contributed by atoms with van der Waals surface area (Å²) >= 11 is 6.02. The molecule has 0 aliphatic carbocycles. The highest BCUT2D eigenvalue weighted by Gasteiger charge is 2.15. The van der Waals surface area contributed by atoms with Gasteiger partial charge < -0.3 is 10.4 Å². The van der Waals surface area contributed by atoms with Crippen LogP contribution in [0.4, 0.5) is 0 Å². The van der Waals surface area contributed by atoms with Crippen molar-refractivity contribution in [1.29, 1.82) is 0 Å². The summed E-state index contributed by atoms with van der Waals surface area (Å²) in [7, 11) is 0. The number of hydrogen-bond acceptors (Lipinski definition) is 3. The molecule has 1 aromatic carbocycles. The van der Waals surface area contributed by atoms with Gasteiger partial charge in [0.25, 0.3) is 5.91 Å². The van der Waals surface area contributed by atoms with Gasteiger partial charge in [0.15, 0.2) is 0 Å². The summed E-state index contributed by atoms with van der Waals surface area (Å²) < 4.78 is 0. The number of carboxylic acids is 1. The number of rotatable bonds is 5. The first kappa shape index (κ1) is 15.3. The molecular formula is C15H15ClN2O3.